The molecule has 0 aromatic heterocycles. The molecule has 4 heteroatoms. The molecule has 1 amide bonds. The molecule has 0 spiro atoms. The molecular formula is C6H15NO3. The van der Waals surface area contributed by atoms with Crippen LogP contribution in [-0.4, -0.2) is 30.3 Å². The molecule has 0 heterocycles. The van der Waals surface area contributed by atoms with Gasteiger partial charge in [-0.25, -0.2) is 0 Å². The Morgan fingerprint density at radius 3 is 1.90 bits per heavy atom. The summed E-state index contributed by atoms with van der Waals surface area (Å²) in [5.74, 6) is 0. The monoisotopic (exact) mass is 149 g/mol. The molecule has 4 N–H and O–H groups in total. The maximum atomic E-state index is 8.58. The molecule has 0 unspecified atom stereocenters. The Hall–Kier alpha value is -0.870. The summed E-state index contributed by atoms with van der Waals surface area (Å²) in [6, 6.07) is 0. The minimum absolute atomic E-state index is 0.226. The number of carbonyl (C=O) groups excluding carboxylic acids is 1. The molecular weight excluding hydrogens is 134 g/mol. The van der Waals surface area contributed by atoms with Crippen molar-refractivity contribution in [2.45, 2.75) is 6.42 Å². The number of hydrogen-bond acceptors (Lipinski definition) is 3. The van der Waals surface area contributed by atoms with Gasteiger partial charge in [0.2, 0.25) is 6.41 Å². The Kier molecular flexibility index (Phi) is 67.8. The second-order valence-corrected chi connectivity index (χ2v) is 0.937. The number of carbonyl (C=O) groups is 1. The molecule has 0 rings (SSSR count). The summed E-state index contributed by atoms with van der Waals surface area (Å²) in [5, 5.41) is 15.0. The van der Waals surface area contributed by atoms with E-state index in [1.54, 1.807) is 6.08 Å². The highest BCUT2D eigenvalue weighted by atomic mass is 16.3. The highest BCUT2D eigenvalue weighted by molar-refractivity contribution is 5.42. The number of primary amides is 1. The lowest BCUT2D eigenvalue weighted by Gasteiger charge is -1.73. The van der Waals surface area contributed by atoms with Gasteiger partial charge in [-0.05, 0) is 6.42 Å². The van der Waals surface area contributed by atoms with E-state index < -0.39 is 0 Å². The second kappa shape index (κ2) is 42.2. The lowest BCUT2D eigenvalue weighted by molar-refractivity contribution is -0.106. The second-order valence-electron chi connectivity index (χ2n) is 0.937. The van der Waals surface area contributed by atoms with Crippen LogP contribution in [0.2, 0.25) is 0 Å². The van der Waals surface area contributed by atoms with Gasteiger partial charge in [0.25, 0.3) is 0 Å². The highest BCUT2D eigenvalue weighted by Crippen LogP contribution is 1.69. The Labute approximate surface area is 61.0 Å². The van der Waals surface area contributed by atoms with Crippen LogP contribution in [0.1, 0.15) is 6.42 Å². The molecule has 4 nitrogen and oxygen atoms in total. The number of hydrogen-bond donors (Lipinski definition) is 3. The van der Waals surface area contributed by atoms with E-state index >= 15 is 0 Å². The van der Waals surface area contributed by atoms with Gasteiger partial charge in [0.15, 0.2) is 0 Å². The van der Waals surface area contributed by atoms with Crippen LogP contribution in [0.4, 0.5) is 0 Å². The van der Waals surface area contributed by atoms with Crippen molar-refractivity contribution in [1.82, 2.24) is 0 Å². The van der Waals surface area contributed by atoms with Crippen molar-refractivity contribution in [3.05, 3.63) is 12.7 Å². The molecule has 0 fully saturated rings. The van der Waals surface area contributed by atoms with Gasteiger partial charge in [-0.1, -0.05) is 6.08 Å². The Bertz CT molecular complexity index is 57.0. The van der Waals surface area contributed by atoms with Crippen molar-refractivity contribution < 1.29 is 15.0 Å². The van der Waals surface area contributed by atoms with Crippen molar-refractivity contribution in [3.8, 4) is 0 Å². The molecule has 10 heavy (non-hydrogen) atoms. The van der Waals surface area contributed by atoms with Gasteiger partial charge in [-0.2, -0.15) is 0 Å². The molecule has 0 radical (unpaired) electrons. The molecule has 0 aromatic rings. The van der Waals surface area contributed by atoms with Crippen LogP contribution >= 0.6 is 0 Å². The van der Waals surface area contributed by atoms with Gasteiger partial charge in [-0.15, -0.1) is 6.58 Å². The van der Waals surface area contributed by atoms with Crippen LogP contribution < -0.4 is 5.73 Å². The normalized spacial score (nSPS) is 5.50. The number of aliphatic hydroxyl groups is 2. The zero-order valence-corrected chi connectivity index (χ0v) is 6.16. The first kappa shape index (κ1) is 16.1. The Balaban J connectivity index is -0.0000000847. The van der Waals surface area contributed by atoms with Crippen LogP contribution in [0, 0.1) is 0 Å². The zero-order valence-electron chi connectivity index (χ0n) is 6.16. The minimum atomic E-state index is 0.226. The third kappa shape index (κ3) is 210. The molecule has 0 aliphatic rings. The number of nitrogens with two attached hydrogens (primary N) is 1. The molecule has 0 saturated carbocycles. The van der Waals surface area contributed by atoms with Gasteiger partial charge < -0.3 is 15.9 Å². The van der Waals surface area contributed by atoms with E-state index in [4.69, 9.17) is 15.0 Å². The van der Waals surface area contributed by atoms with E-state index in [0.29, 0.717) is 6.42 Å². The van der Waals surface area contributed by atoms with Crippen molar-refractivity contribution in [2.75, 3.05) is 13.7 Å². The number of aliphatic hydroxyl groups excluding tert-OH is 2. The third-order valence-electron chi connectivity index (χ3n) is 0.333. The van der Waals surface area contributed by atoms with E-state index in [1.165, 1.54) is 0 Å². The largest absolute Gasteiger partial charge is 0.400 e. The fraction of sp³-hybridized carbons (Fsp3) is 0.500. The van der Waals surface area contributed by atoms with Crippen LogP contribution in [0.15, 0.2) is 12.7 Å². The highest BCUT2D eigenvalue weighted by Gasteiger charge is 1.62. The first-order chi connectivity index (χ1) is 4.83. The van der Waals surface area contributed by atoms with E-state index in [1.807, 2.05) is 0 Å². The van der Waals surface area contributed by atoms with Gasteiger partial charge in [0.05, 0.1) is 0 Å². The fourth-order valence-corrected chi connectivity index (χ4v) is 0.0913. The van der Waals surface area contributed by atoms with E-state index in [9.17, 15) is 0 Å². The summed E-state index contributed by atoms with van der Waals surface area (Å²) < 4.78 is 0. The predicted octanol–water partition coefficient (Wildman–Crippen LogP) is -0.735. The molecule has 0 atom stereocenters. The van der Waals surface area contributed by atoms with Crippen molar-refractivity contribution in [1.29, 1.82) is 0 Å². The molecule has 0 saturated heterocycles. The average molecular weight is 149 g/mol. The summed E-state index contributed by atoms with van der Waals surface area (Å²) in [7, 11) is 1.00. The summed E-state index contributed by atoms with van der Waals surface area (Å²) in [6.07, 6.45) is 2.64. The van der Waals surface area contributed by atoms with E-state index in [2.05, 4.69) is 12.3 Å². The van der Waals surface area contributed by atoms with Crippen LogP contribution in [0.3, 0.4) is 0 Å². The van der Waals surface area contributed by atoms with E-state index in [-0.39, 0.29) is 13.0 Å². The summed E-state index contributed by atoms with van der Waals surface area (Å²) >= 11 is 0. The topological polar surface area (TPSA) is 83.6 Å². The number of amides is 1. The summed E-state index contributed by atoms with van der Waals surface area (Å²) in [5.41, 5.74) is 4.17. The quantitative estimate of drug-likeness (QED) is 0.357. The zero-order chi connectivity index (χ0) is 8.83. The van der Waals surface area contributed by atoms with Gasteiger partial charge in [0, 0.05) is 13.7 Å². The molecule has 0 aromatic carbocycles. The molecule has 62 valence electrons. The minimum Gasteiger partial charge on any atom is -0.400 e. The summed E-state index contributed by atoms with van der Waals surface area (Å²) in [6.45, 7) is 3.62. The smallest absolute Gasteiger partial charge is 0.204 e. The number of rotatable bonds is 2. The van der Waals surface area contributed by atoms with Gasteiger partial charge in [0.1, 0.15) is 0 Å². The predicted molar refractivity (Wildman–Crippen MR) is 40.3 cm³/mol. The maximum absolute atomic E-state index is 8.58. The van der Waals surface area contributed by atoms with Crippen molar-refractivity contribution in [2.24, 2.45) is 5.73 Å². The molecule has 0 aliphatic carbocycles. The van der Waals surface area contributed by atoms with Crippen LogP contribution in [0.25, 0.3) is 0 Å². The molecule has 0 bridgehead atoms. The van der Waals surface area contributed by atoms with Crippen molar-refractivity contribution in [3.63, 3.8) is 0 Å². The van der Waals surface area contributed by atoms with Crippen LogP contribution in [-0.2, 0) is 4.79 Å². The first-order valence-corrected chi connectivity index (χ1v) is 2.65. The van der Waals surface area contributed by atoms with Gasteiger partial charge in [-0.3, -0.25) is 4.79 Å². The van der Waals surface area contributed by atoms with Crippen molar-refractivity contribution >= 4 is 6.41 Å². The first-order valence-electron chi connectivity index (χ1n) is 2.65. The molecule has 0 aliphatic heterocycles. The van der Waals surface area contributed by atoms with E-state index in [0.717, 1.165) is 7.11 Å². The SMILES string of the molecule is C=CCCO.CO.NC=O. The Morgan fingerprint density at radius 1 is 1.60 bits per heavy atom. The summed E-state index contributed by atoms with van der Waals surface area (Å²) in [4.78, 5) is 8.58. The van der Waals surface area contributed by atoms with Gasteiger partial charge >= 0.3 is 0 Å². The average Bonchev–Trinajstić information content (AvgIpc) is 1.96. The van der Waals surface area contributed by atoms with Crippen LogP contribution in [0.5, 0.6) is 0 Å². The Morgan fingerprint density at radius 2 is 1.90 bits per heavy atom. The lowest BCUT2D eigenvalue weighted by atomic mass is 10.5. The maximum Gasteiger partial charge on any atom is 0.204 e. The fourth-order valence-electron chi connectivity index (χ4n) is 0.0913. The lowest BCUT2D eigenvalue weighted by Crippen LogP contribution is -1.82. The third-order valence-corrected chi connectivity index (χ3v) is 0.333. The standard InChI is InChI=1S/C4H8O.CH3NO.CH4O/c1-2-3-4-5;2-1-3;1-2/h2,5H,1,3-4H2;1H,(H2,2,3);2H,1H3.